The molecule has 2 aromatic rings. The summed E-state index contributed by atoms with van der Waals surface area (Å²) in [5.41, 5.74) is 2.89. The molecule has 4 rings (SSSR count). The van der Waals surface area contributed by atoms with Crippen LogP contribution in [0.2, 0.25) is 0 Å². The zero-order valence-electron chi connectivity index (χ0n) is 14.9. The number of amides is 2. The number of hydrogen-bond acceptors (Lipinski definition) is 5. The number of fused-ring (bicyclic) bond motifs is 1. The van der Waals surface area contributed by atoms with Crippen LogP contribution in [0.1, 0.15) is 24.0 Å². The number of anilines is 1. The van der Waals surface area contributed by atoms with Crippen molar-refractivity contribution in [2.24, 2.45) is 0 Å². The minimum Gasteiger partial charge on any atom is -0.488 e. The normalized spacial score (nSPS) is 22.1. The lowest BCUT2D eigenvalue weighted by Gasteiger charge is -2.36. The Morgan fingerprint density at radius 3 is 3.00 bits per heavy atom. The molecule has 27 heavy (non-hydrogen) atoms. The Morgan fingerprint density at radius 2 is 2.22 bits per heavy atom. The van der Waals surface area contributed by atoms with Gasteiger partial charge in [0.05, 0.1) is 13.0 Å². The van der Waals surface area contributed by atoms with Crippen molar-refractivity contribution in [1.29, 1.82) is 0 Å². The summed E-state index contributed by atoms with van der Waals surface area (Å²) in [5, 5.41) is 17.3. The lowest BCUT2D eigenvalue weighted by molar-refractivity contribution is -0.136. The fourth-order valence-corrected chi connectivity index (χ4v) is 4.23. The number of ether oxygens (including phenoxy) is 1. The zero-order chi connectivity index (χ0) is 18.8. The molecule has 142 valence electrons. The van der Waals surface area contributed by atoms with E-state index in [9.17, 15) is 14.7 Å². The summed E-state index contributed by atoms with van der Waals surface area (Å²) in [6, 6.07) is 7.53. The average Bonchev–Trinajstić information content (AvgIpc) is 3.16. The van der Waals surface area contributed by atoms with Gasteiger partial charge in [-0.05, 0) is 52.6 Å². The van der Waals surface area contributed by atoms with Gasteiger partial charge in [0.15, 0.2) is 0 Å². The van der Waals surface area contributed by atoms with Gasteiger partial charge < -0.3 is 20.1 Å². The number of likely N-dealkylation sites (tertiary alicyclic amines) is 1. The van der Waals surface area contributed by atoms with Crippen molar-refractivity contribution < 1.29 is 19.4 Å². The maximum atomic E-state index is 12.4. The highest BCUT2D eigenvalue weighted by Gasteiger charge is 2.31. The number of aliphatic hydroxyl groups is 1. The van der Waals surface area contributed by atoms with Crippen LogP contribution in [0.5, 0.6) is 5.75 Å². The Labute approximate surface area is 161 Å². The van der Waals surface area contributed by atoms with E-state index in [2.05, 4.69) is 5.32 Å². The molecule has 2 atom stereocenters. The Bertz CT molecular complexity index is 837. The van der Waals surface area contributed by atoms with Crippen LogP contribution in [0.3, 0.4) is 0 Å². The predicted molar refractivity (Wildman–Crippen MR) is 103 cm³/mol. The third kappa shape index (κ3) is 4.14. The van der Waals surface area contributed by atoms with Crippen molar-refractivity contribution in [1.82, 2.24) is 4.90 Å². The van der Waals surface area contributed by atoms with Crippen LogP contribution >= 0.6 is 11.3 Å². The number of rotatable bonds is 4. The number of nitrogens with zero attached hydrogens (tertiary/aromatic N) is 1. The van der Waals surface area contributed by atoms with Gasteiger partial charge in [-0.2, -0.15) is 11.3 Å². The van der Waals surface area contributed by atoms with E-state index in [0.717, 1.165) is 16.8 Å². The molecule has 3 heterocycles. The van der Waals surface area contributed by atoms with Gasteiger partial charge in [0.1, 0.15) is 18.0 Å². The summed E-state index contributed by atoms with van der Waals surface area (Å²) in [6.07, 6.45) is 1.07. The van der Waals surface area contributed by atoms with Crippen molar-refractivity contribution in [3.8, 4) is 5.75 Å². The summed E-state index contributed by atoms with van der Waals surface area (Å²) >= 11 is 1.58. The molecular formula is C20H22N2O4S. The molecule has 1 fully saturated rings. The first-order valence-electron chi connectivity index (χ1n) is 9.15. The molecule has 0 aliphatic carbocycles. The largest absolute Gasteiger partial charge is 0.488 e. The standard InChI is InChI=1S/C20H22N2O4S/c23-17-11-22(20(25)9-13-6-8-27-12-13)7-5-18(17)26-15-2-3-16-14(10-15)1-4-19(24)21-16/h2-3,6,8,10,12,17-18,23H,1,4-5,7,9,11H2,(H,21,24)/t17-,18-/m1/s1. The Morgan fingerprint density at radius 1 is 1.33 bits per heavy atom. The first kappa shape index (κ1) is 18.0. The number of benzene rings is 1. The summed E-state index contributed by atoms with van der Waals surface area (Å²) in [6.45, 7) is 0.861. The second-order valence-corrected chi connectivity index (χ2v) is 7.81. The molecule has 0 bridgehead atoms. The third-order valence-electron chi connectivity index (χ3n) is 5.07. The first-order chi connectivity index (χ1) is 13.1. The third-order valence-corrected chi connectivity index (χ3v) is 5.80. The van der Waals surface area contributed by atoms with Crippen molar-refractivity contribution in [2.45, 2.75) is 37.9 Å². The van der Waals surface area contributed by atoms with Gasteiger partial charge >= 0.3 is 0 Å². The highest BCUT2D eigenvalue weighted by Crippen LogP contribution is 2.28. The molecule has 6 nitrogen and oxygen atoms in total. The van der Waals surface area contributed by atoms with E-state index in [0.29, 0.717) is 38.0 Å². The lowest BCUT2D eigenvalue weighted by Crippen LogP contribution is -2.51. The van der Waals surface area contributed by atoms with Crippen molar-refractivity contribution in [2.75, 3.05) is 18.4 Å². The monoisotopic (exact) mass is 386 g/mol. The van der Waals surface area contributed by atoms with Crippen molar-refractivity contribution >= 4 is 28.8 Å². The van der Waals surface area contributed by atoms with Gasteiger partial charge in [0.2, 0.25) is 11.8 Å². The van der Waals surface area contributed by atoms with Crippen LogP contribution in [0.4, 0.5) is 5.69 Å². The Hall–Kier alpha value is -2.38. The minimum atomic E-state index is -0.721. The number of nitrogens with one attached hydrogen (secondary N) is 1. The van der Waals surface area contributed by atoms with Crippen LogP contribution in [-0.2, 0) is 22.4 Å². The van der Waals surface area contributed by atoms with E-state index in [1.54, 1.807) is 16.2 Å². The lowest BCUT2D eigenvalue weighted by atomic mass is 10.0. The van der Waals surface area contributed by atoms with E-state index >= 15 is 0 Å². The molecule has 0 radical (unpaired) electrons. The average molecular weight is 386 g/mol. The van der Waals surface area contributed by atoms with Gasteiger partial charge in [-0.25, -0.2) is 0 Å². The fraction of sp³-hybridized carbons (Fsp3) is 0.400. The number of thiophene rings is 1. The summed E-state index contributed by atoms with van der Waals surface area (Å²) in [5.74, 6) is 0.758. The molecule has 0 saturated carbocycles. The number of carbonyl (C=O) groups is 2. The topological polar surface area (TPSA) is 78.9 Å². The maximum Gasteiger partial charge on any atom is 0.227 e. The second-order valence-electron chi connectivity index (χ2n) is 7.03. The highest BCUT2D eigenvalue weighted by molar-refractivity contribution is 7.08. The Balaban J connectivity index is 1.35. The molecule has 1 aromatic heterocycles. The van der Waals surface area contributed by atoms with Crippen molar-refractivity contribution in [3.63, 3.8) is 0 Å². The van der Waals surface area contributed by atoms with E-state index in [4.69, 9.17) is 4.74 Å². The van der Waals surface area contributed by atoms with E-state index < -0.39 is 6.10 Å². The minimum absolute atomic E-state index is 0.0334. The molecule has 7 heteroatoms. The van der Waals surface area contributed by atoms with E-state index in [1.165, 1.54) is 0 Å². The van der Waals surface area contributed by atoms with Crippen LogP contribution in [-0.4, -0.2) is 47.1 Å². The smallest absolute Gasteiger partial charge is 0.227 e. The van der Waals surface area contributed by atoms with Crippen LogP contribution < -0.4 is 10.1 Å². The van der Waals surface area contributed by atoms with Crippen LogP contribution in [0.25, 0.3) is 0 Å². The van der Waals surface area contributed by atoms with Gasteiger partial charge in [-0.15, -0.1) is 0 Å². The van der Waals surface area contributed by atoms with Gasteiger partial charge in [-0.1, -0.05) is 0 Å². The summed E-state index contributed by atoms with van der Waals surface area (Å²) in [4.78, 5) is 25.6. The molecule has 0 spiro atoms. The molecule has 0 unspecified atom stereocenters. The van der Waals surface area contributed by atoms with E-state index in [-0.39, 0.29) is 24.5 Å². The quantitative estimate of drug-likeness (QED) is 0.845. The predicted octanol–water partition coefficient (Wildman–Crippen LogP) is 2.22. The molecule has 2 amide bonds. The summed E-state index contributed by atoms with van der Waals surface area (Å²) in [7, 11) is 0. The number of β-amino-alcohol motifs (C(OH)–C–C–N with tert-alkyl or cyclic N) is 1. The van der Waals surface area contributed by atoms with Gasteiger partial charge in [0, 0.05) is 25.1 Å². The molecule has 1 saturated heterocycles. The number of aliphatic hydroxyl groups excluding tert-OH is 1. The molecular weight excluding hydrogens is 364 g/mol. The number of hydrogen-bond donors (Lipinski definition) is 2. The highest BCUT2D eigenvalue weighted by atomic mass is 32.1. The maximum absolute atomic E-state index is 12.4. The molecule has 2 aliphatic rings. The number of carbonyl (C=O) groups excluding carboxylic acids is 2. The second kappa shape index (κ2) is 7.70. The summed E-state index contributed by atoms with van der Waals surface area (Å²) < 4.78 is 6.00. The van der Waals surface area contributed by atoms with Crippen LogP contribution in [0.15, 0.2) is 35.0 Å². The first-order valence-corrected chi connectivity index (χ1v) is 10.1. The SMILES string of the molecule is O=C1CCc2cc(O[C@@H]3CCN(C(=O)Cc4ccsc4)C[C@H]3O)ccc2N1. The number of aryl methyl sites for hydroxylation is 1. The zero-order valence-corrected chi connectivity index (χ0v) is 15.7. The number of piperidine rings is 1. The van der Waals surface area contributed by atoms with Gasteiger partial charge in [-0.3, -0.25) is 9.59 Å². The molecule has 1 aromatic carbocycles. The van der Waals surface area contributed by atoms with Crippen molar-refractivity contribution in [3.05, 3.63) is 46.2 Å². The van der Waals surface area contributed by atoms with E-state index in [1.807, 2.05) is 35.0 Å². The Kier molecular flexibility index (Phi) is 5.13. The molecule has 2 aliphatic heterocycles. The molecule has 2 N–H and O–H groups in total. The fourth-order valence-electron chi connectivity index (χ4n) is 3.56. The van der Waals surface area contributed by atoms with Crippen LogP contribution in [0, 0.1) is 0 Å². The van der Waals surface area contributed by atoms with Gasteiger partial charge in [0.25, 0.3) is 0 Å².